The second-order valence-corrected chi connectivity index (χ2v) is 4.06. The van der Waals surface area contributed by atoms with Gasteiger partial charge in [-0.05, 0) is 24.5 Å². The minimum absolute atomic E-state index is 1.02. The molecule has 0 nitrogen and oxygen atoms in total. The van der Waals surface area contributed by atoms with Gasteiger partial charge in [-0.3, -0.25) is 0 Å². The van der Waals surface area contributed by atoms with Crippen molar-refractivity contribution in [3.8, 4) is 0 Å². The molecule has 0 unspecified atom stereocenters. The second-order valence-electron chi connectivity index (χ2n) is 4.06. The second kappa shape index (κ2) is 5.32. The quantitative estimate of drug-likeness (QED) is 0.704. The third-order valence-corrected chi connectivity index (χ3v) is 2.54. The Morgan fingerprint density at radius 2 is 1.44 bits per heavy atom. The van der Waals surface area contributed by atoms with Gasteiger partial charge in [0.1, 0.15) is 0 Å². The lowest BCUT2D eigenvalue weighted by Gasteiger charge is -2.02. The zero-order chi connectivity index (χ0) is 11.2. The van der Waals surface area contributed by atoms with E-state index in [2.05, 4.69) is 67.6 Å². The van der Waals surface area contributed by atoms with Crippen molar-refractivity contribution in [3.63, 3.8) is 0 Å². The molecular formula is C16H16. The first-order valence-corrected chi connectivity index (χ1v) is 5.61. The van der Waals surface area contributed by atoms with Crippen molar-refractivity contribution >= 4 is 6.08 Å². The van der Waals surface area contributed by atoms with E-state index in [-0.39, 0.29) is 0 Å². The molecule has 0 spiro atoms. The molecule has 0 aliphatic carbocycles. The zero-order valence-electron chi connectivity index (χ0n) is 9.56. The molecule has 0 radical (unpaired) electrons. The van der Waals surface area contributed by atoms with Crippen LogP contribution in [0.25, 0.3) is 6.08 Å². The van der Waals surface area contributed by atoms with Gasteiger partial charge in [-0.2, -0.15) is 0 Å². The molecule has 16 heavy (non-hydrogen) atoms. The smallest absolute Gasteiger partial charge is 0.00665 e. The molecule has 0 aliphatic heterocycles. The highest BCUT2D eigenvalue weighted by molar-refractivity contribution is 5.52. The molecule has 0 aromatic heterocycles. The molecule has 2 rings (SSSR count). The number of benzene rings is 2. The van der Waals surface area contributed by atoms with E-state index in [4.69, 9.17) is 0 Å². The third kappa shape index (κ3) is 3.09. The van der Waals surface area contributed by atoms with Crippen LogP contribution in [0.4, 0.5) is 0 Å². The predicted molar refractivity (Wildman–Crippen MR) is 70.2 cm³/mol. The molecule has 0 heteroatoms. The van der Waals surface area contributed by atoms with E-state index in [1.165, 1.54) is 16.7 Å². The molecule has 0 saturated carbocycles. The molecule has 2 aromatic carbocycles. The number of hydrogen-bond acceptors (Lipinski definition) is 0. The fraction of sp³-hybridized carbons (Fsp3) is 0.125. The number of hydrogen-bond donors (Lipinski definition) is 0. The van der Waals surface area contributed by atoms with E-state index in [1.54, 1.807) is 0 Å². The van der Waals surface area contributed by atoms with Crippen LogP contribution in [0, 0.1) is 0 Å². The van der Waals surface area contributed by atoms with Gasteiger partial charge in [-0.1, -0.05) is 72.3 Å². The lowest BCUT2D eigenvalue weighted by atomic mass is 10.0. The van der Waals surface area contributed by atoms with Crippen molar-refractivity contribution < 1.29 is 0 Å². The molecule has 0 atom stereocenters. The molecule has 0 N–H and O–H groups in total. The van der Waals surface area contributed by atoms with Crippen molar-refractivity contribution in [1.29, 1.82) is 0 Å². The number of rotatable bonds is 3. The SMILES string of the molecule is C/C(=C\c1ccccc1)Cc1ccccc1. The normalized spacial score (nSPS) is 11.4. The maximum atomic E-state index is 2.24. The average Bonchev–Trinajstić information content (AvgIpc) is 2.31. The van der Waals surface area contributed by atoms with Crippen molar-refractivity contribution in [3.05, 3.63) is 77.4 Å². The number of allylic oxidation sites excluding steroid dienone is 1. The van der Waals surface area contributed by atoms with Gasteiger partial charge in [0.05, 0.1) is 0 Å². The summed E-state index contributed by atoms with van der Waals surface area (Å²) < 4.78 is 0. The molecule has 2 aromatic rings. The van der Waals surface area contributed by atoms with Gasteiger partial charge in [0, 0.05) is 0 Å². The summed E-state index contributed by atoms with van der Waals surface area (Å²) in [6, 6.07) is 21.0. The van der Waals surface area contributed by atoms with Crippen LogP contribution in [0.2, 0.25) is 0 Å². The summed E-state index contributed by atoms with van der Waals surface area (Å²) in [6.07, 6.45) is 3.27. The predicted octanol–water partition coefficient (Wildman–Crippen LogP) is 4.33. The Kier molecular flexibility index (Phi) is 3.55. The maximum absolute atomic E-state index is 2.24. The highest BCUT2D eigenvalue weighted by Gasteiger charge is 1.94. The fourth-order valence-corrected chi connectivity index (χ4v) is 1.80. The summed E-state index contributed by atoms with van der Waals surface area (Å²) in [5.74, 6) is 0. The Balaban J connectivity index is 2.09. The van der Waals surface area contributed by atoms with Gasteiger partial charge in [-0.25, -0.2) is 0 Å². The first-order chi connectivity index (χ1) is 7.84. The van der Waals surface area contributed by atoms with Crippen molar-refractivity contribution in [2.75, 3.05) is 0 Å². The van der Waals surface area contributed by atoms with Crippen molar-refractivity contribution in [2.45, 2.75) is 13.3 Å². The van der Waals surface area contributed by atoms with E-state index >= 15 is 0 Å². The van der Waals surface area contributed by atoms with Crippen LogP contribution in [0.15, 0.2) is 66.2 Å². The highest BCUT2D eigenvalue weighted by Crippen LogP contribution is 2.11. The Hall–Kier alpha value is -1.82. The maximum Gasteiger partial charge on any atom is -0.00665 e. The van der Waals surface area contributed by atoms with Gasteiger partial charge in [0.15, 0.2) is 0 Å². The van der Waals surface area contributed by atoms with E-state index in [0.29, 0.717) is 0 Å². The Morgan fingerprint density at radius 3 is 2.06 bits per heavy atom. The fourth-order valence-electron chi connectivity index (χ4n) is 1.80. The van der Waals surface area contributed by atoms with E-state index in [9.17, 15) is 0 Å². The van der Waals surface area contributed by atoms with Gasteiger partial charge in [0.25, 0.3) is 0 Å². The molecule has 0 saturated heterocycles. The van der Waals surface area contributed by atoms with E-state index in [1.807, 2.05) is 6.07 Å². The van der Waals surface area contributed by atoms with Crippen LogP contribution in [-0.2, 0) is 6.42 Å². The zero-order valence-corrected chi connectivity index (χ0v) is 9.56. The van der Waals surface area contributed by atoms with Gasteiger partial charge < -0.3 is 0 Å². The molecule has 80 valence electrons. The summed E-state index contributed by atoms with van der Waals surface area (Å²) in [6.45, 7) is 2.18. The first kappa shape index (κ1) is 10.7. The monoisotopic (exact) mass is 208 g/mol. The van der Waals surface area contributed by atoms with Gasteiger partial charge >= 0.3 is 0 Å². The highest BCUT2D eigenvalue weighted by atomic mass is 14.0. The van der Waals surface area contributed by atoms with Gasteiger partial charge in [0.2, 0.25) is 0 Å². The lowest BCUT2D eigenvalue weighted by Crippen LogP contribution is -1.85. The minimum Gasteiger partial charge on any atom is -0.0683 e. The van der Waals surface area contributed by atoms with Crippen molar-refractivity contribution in [1.82, 2.24) is 0 Å². The van der Waals surface area contributed by atoms with Crippen LogP contribution in [0.1, 0.15) is 18.1 Å². The Morgan fingerprint density at radius 1 is 0.875 bits per heavy atom. The van der Waals surface area contributed by atoms with Crippen LogP contribution in [-0.4, -0.2) is 0 Å². The van der Waals surface area contributed by atoms with Crippen LogP contribution < -0.4 is 0 Å². The molecule has 0 bridgehead atoms. The summed E-state index contributed by atoms with van der Waals surface area (Å²) >= 11 is 0. The minimum atomic E-state index is 1.02. The summed E-state index contributed by atoms with van der Waals surface area (Å²) in [5, 5.41) is 0. The third-order valence-electron chi connectivity index (χ3n) is 2.54. The topological polar surface area (TPSA) is 0 Å². The van der Waals surface area contributed by atoms with Crippen LogP contribution >= 0.6 is 0 Å². The molecule has 0 heterocycles. The van der Waals surface area contributed by atoms with Crippen molar-refractivity contribution in [2.24, 2.45) is 0 Å². The Labute approximate surface area is 97.3 Å². The standard InChI is InChI=1S/C16H16/c1-14(12-15-8-4-2-5-9-15)13-16-10-6-3-7-11-16/h2-12H,13H2,1H3/b14-12+. The van der Waals surface area contributed by atoms with Crippen LogP contribution in [0.3, 0.4) is 0 Å². The van der Waals surface area contributed by atoms with Gasteiger partial charge in [-0.15, -0.1) is 0 Å². The lowest BCUT2D eigenvalue weighted by molar-refractivity contribution is 1.16. The summed E-state index contributed by atoms with van der Waals surface area (Å²) in [4.78, 5) is 0. The average molecular weight is 208 g/mol. The van der Waals surface area contributed by atoms with E-state index in [0.717, 1.165) is 6.42 Å². The first-order valence-electron chi connectivity index (χ1n) is 5.61. The summed E-state index contributed by atoms with van der Waals surface area (Å²) in [5.41, 5.74) is 4.03. The molecule has 0 amide bonds. The molecular weight excluding hydrogens is 192 g/mol. The van der Waals surface area contributed by atoms with Crippen LogP contribution in [0.5, 0.6) is 0 Å². The van der Waals surface area contributed by atoms with E-state index < -0.39 is 0 Å². The Bertz CT molecular complexity index is 452. The molecule has 0 fully saturated rings. The molecule has 0 aliphatic rings. The summed E-state index contributed by atoms with van der Waals surface area (Å²) in [7, 11) is 0. The largest absolute Gasteiger partial charge is 0.0683 e.